The van der Waals surface area contributed by atoms with Crippen molar-refractivity contribution >= 4 is 0 Å². The third-order valence-corrected chi connectivity index (χ3v) is 3.97. The number of rotatable bonds is 31. The van der Waals surface area contributed by atoms with E-state index < -0.39 is 0 Å². The monoisotopic (exact) mass is 510 g/mol. The van der Waals surface area contributed by atoms with Gasteiger partial charge in [-0.3, -0.25) is 0 Å². The quantitative estimate of drug-likeness (QED) is 0.0959. The predicted molar refractivity (Wildman–Crippen MR) is 129 cm³/mol. The second kappa shape index (κ2) is 33.1. The van der Waals surface area contributed by atoms with E-state index in [4.69, 9.17) is 58.5 Å². The van der Waals surface area contributed by atoms with E-state index in [0.717, 1.165) is 0 Å². The molecule has 0 aromatic rings. The molecule has 0 radical (unpaired) electrons. The van der Waals surface area contributed by atoms with Gasteiger partial charge in [0.25, 0.3) is 0 Å². The van der Waals surface area contributed by atoms with Gasteiger partial charge in [-0.1, -0.05) is 5.92 Å². The Kier molecular flexibility index (Phi) is 32.3. The van der Waals surface area contributed by atoms with Crippen molar-refractivity contribution in [3.8, 4) is 12.3 Å². The molecule has 0 atom stereocenters. The van der Waals surface area contributed by atoms with Gasteiger partial charge in [-0.2, -0.15) is 0 Å². The minimum Gasteiger partial charge on any atom is -0.382 e. The summed E-state index contributed by atoms with van der Waals surface area (Å²) in [6.45, 7) is 10.9. The van der Waals surface area contributed by atoms with Gasteiger partial charge in [-0.05, 0) is 0 Å². The van der Waals surface area contributed by atoms with E-state index in [0.29, 0.717) is 139 Å². The summed E-state index contributed by atoms with van der Waals surface area (Å²) in [5.74, 6) is 2.39. The number of hydrogen-bond donors (Lipinski definition) is 0. The molecule has 0 spiro atoms. The van der Waals surface area contributed by atoms with Crippen LogP contribution in [0.3, 0.4) is 0 Å². The third-order valence-electron chi connectivity index (χ3n) is 3.97. The van der Waals surface area contributed by atoms with Crippen LogP contribution in [0.5, 0.6) is 0 Å². The summed E-state index contributed by atoms with van der Waals surface area (Å²) in [5.41, 5.74) is 0. The lowest BCUT2D eigenvalue weighted by Crippen LogP contribution is -2.15. The molecule has 11 heteroatoms. The predicted octanol–water partition coefficient (Wildman–Crippen LogP) is 0.432. The lowest BCUT2D eigenvalue weighted by Gasteiger charge is -2.09. The van der Waals surface area contributed by atoms with Crippen LogP contribution in [0.1, 0.15) is 0 Å². The Morgan fingerprint density at radius 2 is 0.543 bits per heavy atom. The van der Waals surface area contributed by atoms with Gasteiger partial charge in [-0.25, -0.2) is 0 Å². The van der Waals surface area contributed by atoms with Gasteiger partial charge < -0.3 is 52.1 Å². The van der Waals surface area contributed by atoms with Gasteiger partial charge in [0.1, 0.15) is 6.61 Å². The van der Waals surface area contributed by atoms with Crippen molar-refractivity contribution in [2.45, 2.75) is 0 Å². The van der Waals surface area contributed by atoms with Gasteiger partial charge in [0.15, 0.2) is 0 Å². The highest BCUT2D eigenvalue weighted by molar-refractivity contribution is 4.82. The molecule has 0 saturated carbocycles. The zero-order valence-electron chi connectivity index (χ0n) is 21.4. The molecule has 0 aliphatic heterocycles. The summed E-state index contributed by atoms with van der Waals surface area (Å²) < 4.78 is 58.5. The summed E-state index contributed by atoms with van der Waals surface area (Å²) in [6.07, 6.45) is 5.07. The normalized spacial score (nSPS) is 11.2. The molecule has 0 saturated heterocycles. The fourth-order valence-electron chi connectivity index (χ4n) is 2.25. The van der Waals surface area contributed by atoms with Crippen LogP contribution < -0.4 is 0 Å². The highest BCUT2D eigenvalue weighted by atomic mass is 16.6. The lowest BCUT2D eigenvalue weighted by atomic mass is 10.6. The maximum atomic E-state index is 5.44. The fraction of sp³-hybridized carbons (Fsp3) is 0.917. The summed E-state index contributed by atoms with van der Waals surface area (Å²) >= 11 is 0. The smallest absolute Gasteiger partial charge is 0.107 e. The molecule has 0 amide bonds. The molecule has 0 aromatic carbocycles. The van der Waals surface area contributed by atoms with Crippen molar-refractivity contribution in [2.24, 2.45) is 0 Å². The molecule has 0 rings (SSSR count). The van der Waals surface area contributed by atoms with Gasteiger partial charge in [0, 0.05) is 7.11 Å². The minimum atomic E-state index is 0.311. The van der Waals surface area contributed by atoms with Crippen LogP contribution in [0.25, 0.3) is 0 Å². The van der Waals surface area contributed by atoms with Crippen molar-refractivity contribution in [1.29, 1.82) is 0 Å². The fourth-order valence-corrected chi connectivity index (χ4v) is 2.25. The van der Waals surface area contributed by atoms with Crippen LogP contribution in [0, 0.1) is 12.3 Å². The van der Waals surface area contributed by atoms with Crippen LogP contribution in [-0.2, 0) is 52.1 Å². The SMILES string of the molecule is C#CCOCCOCCOCCOCCOCCOCCOCCOCCOCCOCCOC. The van der Waals surface area contributed by atoms with Crippen LogP contribution in [0.2, 0.25) is 0 Å². The molecule has 208 valence electrons. The van der Waals surface area contributed by atoms with Crippen LogP contribution in [-0.4, -0.2) is 146 Å². The topological polar surface area (TPSA) is 102 Å². The first-order valence-electron chi connectivity index (χ1n) is 12.1. The molecule has 0 aromatic heterocycles. The Hall–Kier alpha value is -0.880. The number of hydrogen-bond acceptors (Lipinski definition) is 11. The van der Waals surface area contributed by atoms with E-state index in [1.165, 1.54) is 0 Å². The average Bonchev–Trinajstić information content (AvgIpc) is 2.87. The molecule has 0 fully saturated rings. The van der Waals surface area contributed by atoms with Gasteiger partial charge in [-0.15, -0.1) is 6.42 Å². The molecule has 0 aliphatic rings. The van der Waals surface area contributed by atoms with Crippen molar-refractivity contribution in [3.05, 3.63) is 0 Å². The molecule has 11 nitrogen and oxygen atoms in total. The third kappa shape index (κ3) is 33.1. The minimum absolute atomic E-state index is 0.311. The van der Waals surface area contributed by atoms with E-state index in [9.17, 15) is 0 Å². The van der Waals surface area contributed by atoms with E-state index in [1.54, 1.807) is 7.11 Å². The second-order valence-electron chi connectivity index (χ2n) is 6.76. The first-order valence-corrected chi connectivity index (χ1v) is 12.1. The maximum absolute atomic E-state index is 5.44. The molecule has 0 N–H and O–H groups in total. The number of terminal acetylenes is 1. The van der Waals surface area contributed by atoms with Crippen LogP contribution >= 0.6 is 0 Å². The maximum Gasteiger partial charge on any atom is 0.107 e. The van der Waals surface area contributed by atoms with Gasteiger partial charge in [0.05, 0.1) is 132 Å². The number of methoxy groups -OCH3 is 1. The second-order valence-corrected chi connectivity index (χ2v) is 6.76. The summed E-state index contributed by atoms with van der Waals surface area (Å²) in [6, 6.07) is 0. The average molecular weight is 511 g/mol. The molecule has 35 heavy (non-hydrogen) atoms. The Morgan fingerprint density at radius 3 is 0.743 bits per heavy atom. The highest BCUT2D eigenvalue weighted by Gasteiger charge is 1.95. The zero-order chi connectivity index (χ0) is 25.3. The van der Waals surface area contributed by atoms with Crippen LogP contribution in [0.15, 0.2) is 0 Å². The van der Waals surface area contributed by atoms with Gasteiger partial charge in [0.2, 0.25) is 0 Å². The first-order chi connectivity index (χ1) is 17.4. The van der Waals surface area contributed by atoms with E-state index >= 15 is 0 Å². The molecule has 0 heterocycles. The highest BCUT2D eigenvalue weighted by Crippen LogP contribution is 1.86. The zero-order valence-corrected chi connectivity index (χ0v) is 21.4. The number of ether oxygens (including phenoxy) is 11. The molecule has 0 unspecified atom stereocenters. The Bertz CT molecular complexity index is 421. The standard InChI is InChI=1S/C24H46O11/c1-3-4-26-7-8-28-11-12-30-15-16-32-19-20-34-23-24-35-22-21-33-18-17-31-14-13-29-10-9-27-6-5-25-2/h1H,4-24H2,2H3. The first kappa shape index (κ1) is 34.1. The Morgan fingerprint density at radius 1 is 0.343 bits per heavy atom. The lowest BCUT2D eigenvalue weighted by molar-refractivity contribution is -0.0268. The Balaban J connectivity index is 3.00. The summed E-state index contributed by atoms with van der Waals surface area (Å²) in [5, 5.41) is 0. The van der Waals surface area contributed by atoms with Crippen molar-refractivity contribution < 1.29 is 52.1 Å². The summed E-state index contributed by atoms with van der Waals surface area (Å²) in [4.78, 5) is 0. The van der Waals surface area contributed by atoms with Crippen molar-refractivity contribution in [1.82, 2.24) is 0 Å². The van der Waals surface area contributed by atoms with E-state index in [2.05, 4.69) is 5.92 Å². The van der Waals surface area contributed by atoms with Crippen molar-refractivity contribution in [3.63, 3.8) is 0 Å². The molecule has 0 bridgehead atoms. The largest absolute Gasteiger partial charge is 0.382 e. The summed E-state index contributed by atoms with van der Waals surface area (Å²) in [7, 11) is 1.64. The van der Waals surface area contributed by atoms with E-state index in [-0.39, 0.29) is 0 Å². The van der Waals surface area contributed by atoms with E-state index in [1.807, 2.05) is 0 Å². The van der Waals surface area contributed by atoms with Crippen molar-refractivity contribution in [2.75, 3.05) is 146 Å². The van der Waals surface area contributed by atoms with Gasteiger partial charge >= 0.3 is 0 Å². The molecular formula is C24H46O11. The van der Waals surface area contributed by atoms with Crippen LogP contribution in [0.4, 0.5) is 0 Å². The molecular weight excluding hydrogens is 464 g/mol. The molecule has 0 aliphatic carbocycles. The Labute approximate surface area is 210 Å².